The number of nitrogens with zero attached hydrogens (tertiary/aromatic N) is 1. The summed E-state index contributed by atoms with van der Waals surface area (Å²) < 4.78 is 4.88. The fourth-order valence-corrected chi connectivity index (χ4v) is 1.84. The van der Waals surface area contributed by atoms with E-state index in [0.717, 1.165) is 6.42 Å². The van der Waals surface area contributed by atoms with Gasteiger partial charge in [0.1, 0.15) is 0 Å². The minimum Gasteiger partial charge on any atom is -0.466 e. The van der Waals surface area contributed by atoms with Gasteiger partial charge in [-0.05, 0) is 20.3 Å². The second kappa shape index (κ2) is 4.94. The standard InChI is InChI=1S/C11H21NO3/c1-4-11(14)7-12(8-11)9(3)6-10(13)15-5-2/h9,14H,4-8H2,1-3H3. The number of hydrogen-bond donors (Lipinski definition) is 1. The van der Waals surface area contributed by atoms with Gasteiger partial charge in [0.05, 0.1) is 18.6 Å². The Morgan fingerprint density at radius 2 is 2.13 bits per heavy atom. The second-order valence-corrected chi connectivity index (χ2v) is 4.34. The highest BCUT2D eigenvalue weighted by molar-refractivity contribution is 5.70. The number of rotatable bonds is 5. The van der Waals surface area contributed by atoms with Crippen molar-refractivity contribution >= 4 is 5.97 Å². The van der Waals surface area contributed by atoms with Gasteiger partial charge in [0.25, 0.3) is 0 Å². The summed E-state index contributed by atoms with van der Waals surface area (Å²) in [6.07, 6.45) is 1.18. The first-order valence-electron chi connectivity index (χ1n) is 5.63. The van der Waals surface area contributed by atoms with E-state index in [-0.39, 0.29) is 12.0 Å². The summed E-state index contributed by atoms with van der Waals surface area (Å²) in [5, 5.41) is 9.82. The first-order valence-corrected chi connectivity index (χ1v) is 5.63. The summed E-state index contributed by atoms with van der Waals surface area (Å²) in [7, 11) is 0. The highest BCUT2D eigenvalue weighted by Crippen LogP contribution is 2.26. The number of β-amino-alcohol motifs (C(OH)–C–C–N with tert-alkyl or cyclic N) is 1. The Kier molecular flexibility index (Phi) is 4.11. The Morgan fingerprint density at radius 3 is 2.60 bits per heavy atom. The molecule has 0 bridgehead atoms. The Bertz CT molecular complexity index is 224. The molecule has 0 aromatic carbocycles. The monoisotopic (exact) mass is 215 g/mol. The smallest absolute Gasteiger partial charge is 0.307 e. The molecule has 4 heteroatoms. The minimum atomic E-state index is -0.525. The van der Waals surface area contributed by atoms with Crippen molar-refractivity contribution in [1.82, 2.24) is 4.90 Å². The second-order valence-electron chi connectivity index (χ2n) is 4.34. The van der Waals surface area contributed by atoms with Crippen molar-refractivity contribution < 1.29 is 14.6 Å². The first-order chi connectivity index (χ1) is 7.00. The van der Waals surface area contributed by atoms with Crippen LogP contribution in [0.25, 0.3) is 0 Å². The minimum absolute atomic E-state index is 0.156. The van der Waals surface area contributed by atoms with Gasteiger partial charge in [-0.2, -0.15) is 0 Å². The van der Waals surface area contributed by atoms with Crippen LogP contribution in [0, 0.1) is 0 Å². The molecule has 88 valence electrons. The van der Waals surface area contributed by atoms with Gasteiger partial charge in [-0.25, -0.2) is 0 Å². The maximum atomic E-state index is 11.2. The van der Waals surface area contributed by atoms with Crippen LogP contribution in [-0.2, 0) is 9.53 Å². The van der Waals surface area contributed by atoms with E-state index in [9.17, 15) is 9.90 Å². The highest BCUT2D eigenvalue weighted by Gasteiger charge is 2.41. The number of likely N-dealkylation sites (tertiary alicyclic amines) is 1. The molecule has 0 aromatic rings. The molecule has 1 saturated heterocycles. The zero-order valence-corrected chi connectivity index (χ0v) is 9.82. The molecule has 15 heavy (non-hydrogen) atoms. The lowest BCUT2D eigenvalue weighted by molar-refractivity contribution is -0.149. The van der Waals surface area contributed by atoms with Crippen molar-refractivity contribution in [2.45, 2.75) is 45.3 Å². The van der Waals surface area contributed by atoms with Gasteiger partial charge in [-0.15, -0.1) is 0 Å². The Balaban J connectivity index is 2.26. The largest absolute Gasteiger partial charge is 0.466 e. The van der Waals surface area contributed by atoms with Gasteiger partial charge in [0.2, 0.25) is 0 Å². The SMILES string of the molecule is CCOC(=O)CC(C)N1CC(O)(CC)C1. The molecule has 1 rings (SSSR count). The van der Waals surface area contributed by atoms with Crippen molar-refractivity contribution in [3.8, 4) is 0 Å². The number of carbonyl (C=O) groups excluding carboxylic acids is 1. The van der Waals surface area contributed by atoms with Gasteiger partial charge in [0, 0.05) is 19.1 Å². The summed E-state index contributed by atoms with van der Waals surface area (Å²) in [5.41, 5.74) is -0.525. The van der Waals surface area contributed by atoms with Crippen LogP contribution >= 0.6 is 0 Å². The van der Waals surface area contributed by atoms with Crippen LogP contribution in [0.3, 0.4) is 0 Å². The van der Waals surface area contributed by atoms with E-state index in [0.29, 0.717) is 26.1 Å². The number of aliphatic hydroxyl groups is 1. The van der Waals surface area contributed by atoms with Crippen LogP contribution in [0.5, 0.6) is 0 Å². The lowest BCUT2D eigenvalue weighted by Crippen LogP contribution is -2.64. The van der Waals surface area contributed by atoms with Crippen molar-refractivity contribution in [3.63, 3.8) is 0 Å². The summed E-state index contributed by atoms with van der Waals surface area (Å²) in [5.74, 6) is -0.156. The molecule has 0 saturated carbocycles. The van der Waals surface area contributed by atoms with Gasteiger partial charge < -0.3 is 9.84 Å². The van der Waals surface area contributed by atoms with Gasteiger partial charge in [-0.1, -0.05) is 6.92 Å². The Morgan fingerprint density at radius 1 is 1.53 bits per heavy atom. The van der Waals surface area contributed by atoms with Crippen molar-refractivity contribution in [1.29, 1.82) is 0 Å². The summed E-state index contributed by atoms with van der Waals surface area (Å²) in [6.45, 7) is 7.56. The predicted molar refractivity (Wildman–Crippen MR) is 57.5 cm³/mol. The topological polar surface area (TPSA) is 49.8 Å². The zero-order valence-electron chi connectivity index (χ0n) is 9.82. The van der Waals surface area contributed by atoms with E-state index in [1.165, 1.54) is 0 Å². The van der Waals surface area contributed by atoms with Crippen molar-refractivity contribution in [2.75, 3.05) is 19.7 Å². The summed E-state index contributed by atoms with van der Waals surface area (Å²) >= 11 is 0. The van der Waals surface area contributed by atoms with Crippen LogP contribution in [-0.4, -0.2) is 47.3 Å². The molecular formula is C11H21NO3. The van der Waals surface area contributed by atoms with E-state index in [4.69, 9.17) is 4.74 Å². The van der Waals surface area contributed by atoms with Crippen molar-refractivity contribution in [2.24, 2.45) is 0 Å². The van der Waals surface area contributed by atoms with Crippen LogP contribution in [0.2, 0.25) is 0 Å². The molecule has 1 atom stereocenters. The van der Waals surface area contributed by atoms with Gasteiger partial charge >= 0.3 is 5.97 Å². The van der Waals surface area contributed by atoms with Crippen molar-refractivity contribution in [3.05, 3.63) is 0 Å². The van der Waals surface area contributed by atoms with E-state index >= 15 is 0 Å². The van der Waals surface area contributed by atoms with Gasteiger partial charge in [0.15, 0.2) is 0 Å². The molecule has 1 unspecified atom stereocenters. The molecule has 1 aliphatic rings. The van der Waals surface area contributed by atoms with E-state index in [1.807, 2.05) is 20.8 Å². The lowest BCUT2D eigenvalue weighted by atomic mass is 9.89. The Hall–Kier alpha value is -0.610. The molecule has 1 heterocycles. The lowest BCUT2D eigenvalue weighted by Gasteiger charge is -2.49. The molecule has 1 fully saturated rings. The number of ether oxygens (including phenoxy) is 1. The average molecular weight is 215 g/mol. The quantitative estimate of drug-likeness (QED) is 0.689. The Labute approximate surface area is 91.2 Å². The number of carbonyl (C=O) groups is 1. The van der Waals surface area contributed by atoms with Gasteiger partial charge in [-0.3, -0.25) is 9.69 Å². The maximum absolute atomic E-state index is 11.2. The van der Waals surface area contributed by atoms with E-state index in [2.05, 4.69) is 4.90 Å². The third-order valence-corrected chi connectivity index (χ3v) is 3.04. The molecule has 0 amide bonds. The molecule has 0 spiro atoms. The third-order valence-electron chi connectivity index (χ3n) is 3.04. The van der Waals surface area contributed by atoms with Crippen LogP contribution in [0.1, 0.15) is 33.6 Å². The number of esters is 1. The molecule has 0 radical (unpaired) electrons. The van der Waals surface area contributed by atoms with Crippen LogP contribution in [0.4, 0.5) is 0 Å². The van der Waals surface area contributed by atoms with E-state index < -0.39 is 5.60 Å². The summed E-state index contributed by atoms with van der Waals surface area (Å²) in [4.78, 5) is 13.3. The van der Waals surface area contributed by atoms with Crippen LogP contribution in [0.15, 0.2) is 0 Å². The average Bonchev–Trinajstić information content (AvgIpc) is 2.13. The number of hydrogen-bond acceptors (Lipinski definition) is 4. The molecule has 0 aromatic heterocycles. The molecule has 0 aliphatic carbocycles. The first kappa shape index (κ1) is 12.5. The molecule has 1 N–H and O–H groups in total. The molecule has 1 aliphatic heterocycles. The molecular weight excluding hydrogens is 194 g/mol. The fourth-order valence-electron chi connectivity index (χ4n) is 1.84. The highest BCUT2D eigenvalue weighted by atomic mass is 16.5. The fraction of sp³-hybridized carbons (Fsp3) is 0.909. The molecule has 4 nitrogen and oxygen atoms in total. The van der Waals surface area contributed by atoms with Crippen LogP contribution < -0.4 is 0 Å². The predicted octanol–water partition coefficient (Wildman–Crippen LogP) is 0.785. The maximum Gasteiger partial charge on any atom is 0.307 e. The zero-order chi connectivity index (χ0) is 11.5. The normalized spacial score (nSPS) is 21.9. The third kappa shape index (κ3) is 3.18. The summed E-state index contributed by atoms with van der Waals surface area (Å²) in [6, 6.07) is 0.163. The van der Waals surface area contributed by atoms with E-state index in [1.54, 1.807) is 0 Å².